The maximum atomic E-state index is 6.21. The van der Waals surface area contributed by atoms with Crippen LogP contribution in [0.2, 0.25) is 0 Å². The van der Waals surface area contributed by atoms with Crippen molar-refractivity contribution in [1.29, 1.82) is 0 Å². The van der Waals surface area contributed by atoms with Crippen LogP contribution in [0.15, 0.2) is 29.6 Å². The number of fused-ring (bicyclic) bond motifs is 1. The second-order valence-corrected chi connectivity index (χ2v) is 7.08. The third-order valence-corrected chi connectivity index (χ3v) is 5.16. The van der Waals surface area contributed by atoms with Gasteiger partial charge in [-0.2, -0.15) is 0 Å². The van der Waals surface area contributed by atoms with E-state index in [0.29, 0.717) is 19.1 Å². The Kier molecular flexibility index (Phi) is 6.72. The summed E-state index contributed by atoms with van der Waals surface area (Å²) in [6, 6.07) is 8.64. The molecule has 2 heterocycles. The lowest BCUT2D eigenvalue weighted by molar-refractivity contribution is -0.200. The van der Waals surface area contributed by atoms with E-state index >= 15 is 0 Å². The molecular weight excluding hydrogens is 332 g/mol. The van der Waals surface area contributed by atoms with Gasteiger partial charge in [0.25, 0.3) is 0 Å². The van der Waals surface area contributed by atoms with Crippen molar-refractivity contribution < 1.29 is 14.2 Å². The van der Waals surface area contributed by atoms with Crippen molar-refractivity contribution in [3.05, 3.63) is 35.2 Å². The second kappa shape index (κ2) is 9.00. The van der Waals surface area contributed by atoms with E-state index in [0.717, 1.165) is 37.9 Å². The van der Waals surface area contributed by atoms with Gasteiger partial charge in [0.05, 0.1) is 6.61 Å². The Balaban J connectivity index is 1.69. The summed E-state index contributed by atoms with van der Waals surface area (Å²) in [6.07, 6.45) is 3.88. The maximum Gasteiger partial charge on any atom is 0.158 e. The van der Waals surface area contributed by atoms with Gasteiger partial charge in [-0.05, 0) is 60.2 Å². The maximum absolute atomic E-state index is 6.21. The van der Waals surface area contributed by atoms with Crippen LogP contribution < -0.4 is 0 Å². The van der Waals surface area contributed by atoms with Crippen LogP contribution in [0.25, 0.3) is 10.1 Å². The first-order valence-electron chi connectivity index (χ1n) is 8.25. The van der Waals surface area contributed by atoms with Gasteiger partial charge in [-0.1, -0.05) is 6.07 Å². The van der Waals surface area contributed by atoms with Gasteiger partial charge < -0.3 is 14.2 Å². The quantitative estimate of drug-likeness (QED) is 0.485. The summed E-state index contributed by atoms with van der Waals surface area (Å²) < 4.78 is 19.0. The Morgan fingerprint density at radius 1 is 1.30 bits per heavy atom. The van der Waals surface area contributed by atoms with Crippen LogP contribution in [0.1, 0.15) is 37.4 Å². The van der Waals surface area contributed by atoms with Gasteiger partial charge in [0.15, 0.2) is 6.29 Å². The third kappa shape index (κ3) is 4.91. The number of hydrogen-bond donors (Lipinski definition) is 0. The molecule has 1 saturated heterocycles. The van der Waals surface area contributed by atoms with E-state index in [9.17, 15) is 0 Å². The summed E-state index contributed by atoms with van der Waals surface area (Å²) in [7, 11) is 0. The van der Waals surface area contributed by atoms with E-state index in [2.05, 4.69) is 29.6 Å². The van der Waals surface area contributed by atoms with E-state index in [-0.39, 0.29) is 12.4 Å². The van der Waals surface area contributed by atoms with Crippen LogP contribution in [0.3, 0.4) is 0 Å². The molecule has 0 N–H and O–H groups in total. The lowest BCUT2D eigenvalue weighted by atomic mass is 10.1. The number of hydrogen-bond acceptors (Lipinski definition) is 4. The van der Waals surface area contributed by atoms with Crippen LogP contribution in [0.4, 0.5) is 0 Å². The number of ether oxygens (including phenoxy) is 3. The van der Waals surface area contributed by atoms with Gasteiger partial charge in [0.1, 0.15) is 6.10 Å². The molecule has 1 aliphatic rings. The van der Waals surface area contributed by atoms with Crippen molar-refractivity contribution in [1.82, 2.24) is 0 Å². The van der Waals surface area contributed by atoms with Gasteiger partial charge in [0, 0.05) is 23.8 Å². The monoisotopic (exact) mass is 354 g/mol. The predicted molar refractivity (Wildman–Crippen MR) is 95.4 cm³/mol. The van der Waals surface area contributed by atoms with Crippen molar-refractivity contribution in [2.75, 3.05) is 25.7 Å². The molecule has 3 rings (SSSR count). The van der Waals surface area contributed by atoms with Crippen molar-refractivity contribution in [3.8, 4) is 0 Å². The third-order valence-electron chi connectivity index (χ3n) is 3.99. The van der Waals surface area contributed by atoms with E-state index < -0.39 is 0 Å². The van der Waals surface area contributed by atoms with E-state index in [1.165, 1.54) is 10.1 Å². The van der Waals surface area contributed by atoms with Crippen molar-refractivity contribution in [2.45, 2.75) is 38.1 Å². The summed E-state index contributed by atoms with van der Waals surface area (Å²) in [5.74, 6) is 0.623. The molecule has 1 aromatic heterocycles. The highest BCUT2D eigenvalue weighted by Crippen LogP contribution is 2.29. The minimum atomic E-state index is -0.122. The van der Waals surface area contributed by atoms with Crippen molar-refractivity contribution in [3.63, 3.8) is 0 Å². The van der Waals surface area contributed by atoms with E-state index in [1.54, 1.807) is 11.3 Å². The summed E-state index contributed by atoms with van der Waals surface area (Å²) >= 11 is 7.47. The number of rotatable bonds is 8. The molecule has 1 aliphatic heterocycles. The molecule has 0 radical (unpaired) electrons. The minimum Gasteiger partial charge on any atom is -0.378 e. The van der Waals surface area contributed by atoms with Crippen LogP contribution in [-0.2, 0) is 14.2 Å². The van der Waals surface area contributed by atoms with Gasteiger partial charge in [-0.3, -0.25) is 0 Å². The van der Waals surface area contributed by atoms with Crippen molar-refractivity contribution in [2.24, 2.45) is 0 Å². The minimum absolute atomic E-state index is 0.0993. The molecule has 1 aromatic carbocycles. The average Bonchev–Trinajstić information content (AvgIpc) is 3.06. The topological polar surface area (TPSA) is 27.7 Å². The molecule has 0 saturated carbocycles. The zero-order chi connectivity index (χ0) is 15.9. The molecule has 0 spiro atoms. The molecule has 2 unspecified atom stereocenters. The Hall–Kier alpha value is -0.650. The highest BCUT2D eigenvalue weighted by atomic mass is 35.5. The molecule has 0 aliphatic carbocycles. The molecular formula is C18H23ClO3S. The first kappa shape index (κ1) is 17.2. The Morgan fingerprint density at radius 2 is 2.26 bits per heavy atom. The fraction of sp³-hybridized carbons (Fsp3) is 0.556. The van der Waals surface area contributed by atoms with Crippen molar-refractivity contribution >= 4 is 33.0 Å². The number of thiophene rings is 1. The van der Waals surface area contributed by atoms with Gasteiger partial charge in [-0.25, -0.2) is 0 Å². The fourth-order valence-electron chi connectivity index (χ4n) is 2.75. The standard InChI is InChI=1S/C18H23ClO3S/c19-8-3-9-20-13-16(22-18-4-1-2-10-21-18)14-5-6-17-15(12-14)7-11-23-17/h5-7,11-12,16,18H,1-4,8-10,13H2. The largest absolute Gasteiger partial charge is 0.378 e. The van der Waals surface area contributed by atoms with E-state index in [1.807, 2.05) is 0 Å². The first-order valence-corrected chi connectivity index (χ1v) is 9.66. The second-order valence-electron chi connectivity index (χ2n) is 5.76. The zero-order valence-electron chi connectivity index (χ0n) is 13.2. The summed E-state index contributed by atoms with van der Waals surface area (Å²) in [5, 5.41) is 3.37. The van der Waals surface area contributed by atoms with Gasteiger partial charge >= 0.3 is 0 Å². The zero-order valence-corrected chi connectivity index (χ0v) is 14.8. The molecule has 3 nitrogen and oxygen atoms in total. The molecule has 1 fully saturated rings. The lowest BCUT2D eigenvalue weighted by Crippen LogP contribution is -2.26. The van der Waals surface area contributed by atoms with Crippen LogP contribution in [-0.4, -0.2) is 32.0 Å². The molecule has 2 aromatic rings. The van der Waals surface area contributed by atoms with E-state index in [4.69, 9.17) is 25.8 Å². The molecule has 5 heteroatoms. The van der Waals surface area contributed by atoms with Crippen LogP contribution >= 0.6 is 22.9 Å². The SMILES string of the molecule is ClCCCOCC(OC1CCCCO1)c1ccc2sccc2c1. The van der Waals surface area contributed by atoms with Gasteiger partial charge in [0.2, 0.25) is 0 Å². The average molecular weight is 355 g/mol. The molecule has 0 amide bonds. The Bertz CT molecular complexity index is 595. The van der Waals surface area contributed by atoms with Gasteiger partial charge in [-0.15, -0.1) is 22.9 Å². The smallest absolute Gasteiger partial charge is 0.158 e. The summed E-state index contributed by atoms with van der Waals surface area (Å²) in [6.45, 7) is 1.98. The number of benzene rings is 1. The molecule has 2 atom stereocenters. The first-order chi connectivity index (χ1) is 11.4. The highest BCUT2D eigenvalue weighted by molar-refractivity contribution is 7.17. The number of alkyl halides is 1. The predicted octanol–water partition coefficient (Wildman–Crippen LogP) is 5.13. The Morgan fingerprint density at radius 3 is 3.09 bits per heavy atom. The fourth-order valence-corrected chi connectivity index (χ4v) is 3.63. The lowest BCUT2D eigenvalue weighted by Gasteiger charge is -2.28. The summed E-state index contributed by atoms with van der Waals surface area (Å²) in [5.41, 5.74) is 1.15. The number of halogens is 1. The molecule has 126 valence electrons. The Labute approximate surface area is 146 Å². The van der Waals surface area contributed by atoms with Crippen LogP contribution in [0.5, 0.6) is 0 Å². The van der Waals surface area contributed by atoms with Crippen LogP contribution in [0, 0.1) is 0 Å². The molecule has 23 heavy (non-hydrogen) atoms. The molecule has 0 bridgehead atoms. The summed E-state index contributed by atoms with van der Waals surface area (Å²) in [4.78, 5) is 0. The normalized spacial score (nSPS) is 20.0. The highest BCUT2D eigenvalue weighted by Gasteiger charge is 2.21.